The largest absolute Gasteiger partial charge is 0.444 e. The van der Waals surface area contributed by atoms with Crippen LogP contribution < -0.4 is 5.32 Å². The molecule has 0 aliphatic rings. The zero-order valence-corrected chi connectivity index (χ0v) is 16.3. The van der Waals surface area contributed by atoms with Gasteiger partial charge in [-0.3, -0.25) is 4.99 Å². The number of aromatic nitrogens is 1. The van der Waals surface area contributed by atoms with Crippen LogP contribution >= 0.6 is 24.0 Å². The van der Waals surface area contributed by atoms with Crippen LogP contribution in [0.3, 0.4) is 0 Å². The highest BCUT2D eigenvalue weighted by atomic mass is 127. The molecule has 2 rings (SSSR count). The molecule has 0 amide bonds. The molecule has 1 aromatic heterocycles. The average molecular weight is 428 g/mol. The van der Waals surface area contributed by atoms with Gasteiger partial charge in [-0.25, -0.2) is 4.98 Å². The summed E-state index contributed by atoms with van der Waals surface area (Å²) in [5, 5.41) is 3.31. The zero-order chi connectivity index (χ0) is 15.8. The molecule has 0 saturated heterocycles. The van der Waals surface area contributed by atoms with E-state index in [2.05, 4.69) is 27.1 Å². The van der Waals surface area contributed by atoms with Crippen molar-refractivity contribution >= 4 is 29.9 Å². The maximum absolute atomic E-state index is 5.54. The first-order chi connectivity index (χ1) is 10.7. The highest BCUT2D eigenvalue weighted by Crippen LogP contribution is 2.17. The second-order valence-electron chi connectivity index (χ2n) is 5.19. The van der Waals surface area contributed by atoms with Crippen LogP contribution in [-0.4, -0.2) is 36.5 Å². The number of hydrogen-bond acceptors (Lipinski definition) is 3. The van der Waals surface area contributed by atoms with Gasteiger partial charge in [0.05, 0.1) is 12.2 Å². The predicted molar refractivity (Wildman–Crippen MR) is 105 cm³/mol. The average Bonchev–Trinajstić information content (AvgIpc) is 3.03. The molecule has 0 spiro atoms. The van der Waals surface area contributed by atoms with Crippen molar-refractivity contribution in [2.45, 2.75) is 26.3 Å². The Hall–Kier alpha value is -1.57. The maximum Gasteiger partial charge on any atom is 0.226 e. The summed E-state index contributed by atoms with van der Waals surface area (Å²) in [6.07, 6.45) is 4.01. The number of hydrogen-bond donors (Lipinski definition) is 1. The molecule has 0 radical (unpaired) electrons. The number of rotatable bonds is 6. The Balaban J connectivity index is 0.00000264. The molecule has 1 N–H and O–H groups in total. The normalized spacial score (nSPS) is 11.0. The Kier molecular flexibility index (Phi) is 8.68. The molecule has 0 fully saturated rings. The fourth-order valence-corrected chi connectivity index (χ4v) is 2.16. The van der Waals surface area contributed by atoms with Crippen LogP contribution in [0.2, 0.25) is 0 Å². The Labute approximate surface area is 155 Å². The van der Waals surface area contributed by atoms with Crippen molar-refractivity contribution in [2.75, 3.05) is 20.6 Å². The molecule has 0 unspecified atom stereocenters. The van der Waals surface area contributed by atoms with Crippen LogP contribution in [-0.2, 0) is 6.54 Å². The number of oxazole rings is 1. The third kappa shape index (κ3) is 5.85. The van der Waals surface area contributed by atoms with Crippen LogP contribution in [0.1, 0.15) is 25.5 Å². The lowest BCUT2D eigenvalue weighted by Gasteiger charge is -2.21. The van der Waals surface area contributed by atoms with Gasteiger partial charge in [-0.15, -0.1) is 24.0 Å². The summed E-state index contributed by atoms with van der Waals surface area (Å²) >= 11 is 0. The van der Waals surface area contributed by atoms with Gasteiger partial charge in [0.1, 0.15) is 6.26 Å². The van der Waals surface area contributed by atoms with E-state index < -0.39 is 0 Å². The van der Waals surface area contributed by atoms with Crippen molar-refractivity contribution < 1.29 is 4.42 Å². The quantitative estimate of drug-likeness (QED) is 0.433. The van der Waals surface area contributed by atoms with Gasteiger partial charge in [0.15, 0.2) is 5.96 Å². The first kappa shape index (κ1) is 19.5. The van der Waals surface area contributed by atoms with E-state index in [0.717, 1.165) is 30.2 Å². The van der Waals surface area contributed by atoms with Crippen molar-refractivity contribution in [3.8, 4) is 11.5 Å². The van der Waals surface area contributed by atoms with Gasteiger partial charge >= 0.3 is 0 Å². The molecule has 0 saturated carbocycles. The summed E-state index contributed by atoms with van der Waals surface area (Å²) in [5.74, 6) is 1.52. The van der Waals surface area contributed by atoms with E-state index in [1.165, 1.54) is 6.42 Å². The molecule has 6 heteroatoms. The van der Waals surface area contributed by atoms with Gasteiger partial charge in [0.25, 0.3) is 0 Å². The lowest BCUT2D eigenvalue weighted by molar-refractivity contribution is 0.464. The van der Waals surface area contributed by atoms with E-state index in [1.54, 1.807) is 13.3 Å². The smallest absolute Gasteiger partial charge is 0.226 e. The standard InChI is InChI=1S/C17H24N4O.HI/c1-4-5-11-21(3)17(18-2)19-12-15-13-22-16(20-15)14-9-7-6-8-10-14;/h6-10,13H,4-5,11-12H2,1-3H3,(H,18,19);1H. The second-order valence-corrected chi connectivity index (χ2v) is 5.19. The van der Waals surface area contributed by atoms with Crippen molar-refractivity contribution in [1.29, 1.82) is 0 Å². The monoisotopic (exact) mass is 428 g/mol. The SMILES string of the molecule is CCCCN(C)C(=NC)NCc1coc(-c2ccccc2)n1.I. The van der Waals surface area contributed by atoms with Crippen LogP contribution in [0.25, 0.3) is 11.5 Å². The molecule has 1 aromatic carbocycles. The van der Waals surface area contributed by atoms with Crippen molar-refractivity contribution in [1.82, 2.24) is 15.2 Å². The summed E-state index contributed by atoms with van der Waals surface area (Å²) in [7, 11) is 3.84. The highest BCUT2D eigenvalue weighted by molar-refractivity contribution is 14.0. The Morgan fingerprint density at radius 3 is 2.70 bits per heavy atom. The fraction of sp³-hybridized carbons (Fsp3) is 0.412. The molecular weight excluding hydrogens is 403 g/mol. The van der Waals surface area contributed by atoms with Crippen LogP contribution in [0.5, 0.6) is 0 Å². The Bertz CT molecular complexity index is 598. The number of halogens is 1. The number of nitrogens with zero attached hydrogens (tertiary/aromatic N) is 3. The summed E-state index contributed by atoms with van der Waals surface area (Å²) in [6, 6.07) is 9.90. The van der Waals surface area contributed by atoms with E-state index in [9.17, 15) is 0 Å². The lowest BCUT2D eigenvalue weighted by Crippen LogP contribution is -2.39. The van der Waals surface area contributed by atoms with E-state index in [1.807, 2.05) is 37.4 Å². The Morgan fingerprint density at radius 1 is 1.30 bits per heavy atom. The number of unbranched alkanes of at least 4 members (excludes halogenated alkanes) is 1. The van der Waals surface area contributed by atoms with Crippen LogP contribution in [0.4, 0.5) is 0 Å². The molecular formula is C17H25IN4O. The number of aliphatic imine (C=N–C) groups is 1. The van der Waals surface area contributed by atoms with Gasteiger partial charge in [0.2, 0.25) is 5.89 Å². The van der Waals surface area contributed by atoms with Gasteiger partial charge in [-0.2, -0.15) is 0 Å². The second kappa shape index (κ2) is 10.3. The molecule has 2 aromatic rings. The van der Waals surface area contributed by atoms with Gasteiger partial charge in [0, 0.05) is 26.2 Å². The van der Waals surface area contributed by atoms with E-state index >= 15 is 0 Å². The topological polar surface area (TPSA) is 53.7 Å². The highest BCUT2D eigenvalue weighted by Gasteiger charge is 2.08. The molecule has 0 atom stereocenters. The van der Waals surface area contributed by atoms with E-state index in [0.29, 0.717) is 12.4 Å². The molecule has 0 bridgehead atoms. The lowest BCUT2D eigenvalue weighted by atomic mass is 10.2. The summed E-state index contributed by atoms with van der Waals surface area (Å²) in [4.78, 5) is 10.9. The summed E-state index contributed by atoms with van der Waals surface area (Å²) in [6.45, 7) is 3.77. The number of nitrogens with one attached hydrogen (secondary N) is 1. The first-order valence-electron chi connectivity index (χ1n) is 7.66. The molecule has 1 heterocycles. The van der Waals surface area contributed by atoms with E-state index in [4.69, 9.17) is 4.42 Å². The minimum Gasteiger partial charge on any atom is -0.444 e. The molecule has 0 aliphatic heterocycles. The molecule has 5 nitrogen and oxygen atoms in total. The van der Waals surface area contributed by atoms with Crippen molar-refractivity contribution in [3.63, 3.8) is 0 Å². The fourth-order valence-electron chi connectivity index (χ4n) is 2.16. The van der Waals surface area contributed by atoms with Gasteiger partial charge in [-0.1, -0.05) is 31.5 Å². The van der Waals surface area contributed by atoms with Gasteiger partial charge in [-0.05, 0) is 18.6 Å². The Morgan fingerprint density at radius 2 is 2.04 bits per heavy atom. The molecule has 0 aliphatic carbocycles. The zero-order valence-electron chi connectivity index (χ0n) is 14.0. The summed E-state index contributed by atoms with van der Waals surface area (Å²) < 4.78 is 5.54. The van der Waals surface area contributed by atoms with Gasteiger partial charge < -0.3 is 14.6 Å². The van der Waals surface area contributed by atoms with Crippen LogP contribution in [0.15, 0.2) is 46.0 Å². The van der Waals surface area contributed by atoms with Crippen molar-refractivity contribution in [2.24, 2.45) is 4.99 Å². The maximum atomic E-state index is 5.54. The third-order valence-corrected chi connectivity index (χ3v) is 3.42. The van der Waals surface area contributed by atoms with Crippen molar-refractivity contribution in [3.05, 3.63) is 42.3 Å². The third-order valence-electron chi connectivity index (χ3n) is 3.42. The van der Waals surface area contributed by atoms with Crippen LogP contribution in [0, 0.1) is 0 Å². The molecule has 23 heavy (non-hydrogen) atoms. The van der Waals surface area contributed by atoms with E-state index in [-0.39, 0.29) is 24.0 Å². The minimum atomic E-state index is 0. The number of benzene rings is 1. The first-order valence-corrected chi connectivity index (χ1v) is 7.66. The molecule has 126 valence electrons. The number of guanidine groups is 1. The minimum absolute atomic E-state index is 0. The predicted octanol–water partition coefficient (Wildman–Crippen LogP) is 3.77. The summed E-state index contributed by atoms with van der Waals surface area (Å²) in [5.41, 5.74) is 1.85.